The molecule has 0 unspecified atom stereocenters. The van der Waals surface area contributed by atoms with Crippen molar-refractivity contribution >= 4 is 41.1 Å². The lowest BCUT2D eigenvalue weighted by Gasteiger charge is -2.45. The molecule has 0 aromatic rings. The Morgan fingerprint density at radius 3 is 2.27 bits per heavy atom. The zero-order valence-corrected chi connectivity index (χ0v) is 18.7. The standard InChI is InChI=1S/C19H31N5O5S/c1-12(26)30-14-9-19(11-25,24(10-14)17(28)29-18(2,3)4)23-7-5-13(6-8-23)15(27)22-16(20)21/h11,13-14H,5-10H2,1-4H3,(H4,20,21,22,27)/t14-,19-/m0/s1. The van der Waals surface area contributed by atoms with Gasteiger partial charge >= 0.3 is 6.09 Å². The number of guanidine groups is 1. The third-order valence-electron chi connectivity index (χ3n) is 5.15. The van der Waals surface area contributed by atoms with Crippen LogP contribution in [0.3, 0.4) is 0 Å². The summed E-state index contributed by atoms with van der Waals surface area (Å²) < 4.78 is 5.53. The number of nitrogens with zero attached hydrogens (tertiary/aromatic N) is 3. The average Bonchev–Trinajstić information content (AvgIpc) is 2.99. The first-order chi connectivity index (χ1) is 13.9. The van der Waals surface area contributed by atoms with Crippen molar-refractivity contribution in [2.75, 3.05) is 19.6 Å². The molecule has 4 N–H and O–H groups in total. The summed E-state index contributed by atoms with van der Waals surface area (Å²) in [6.07, 6.45) is 1.39. The highest BCUT2D eigenvalue weighted by atomic mass is 32.2. The summed E-state index contributed by atoms with van der Waals surface area (Å²) in [7, 11) is 0. The third kappa shape index (κ3) is 5.72. The minimum Gasteiger partial charge on any atom is -0.444 e. The van der Waals surface area contributed by atoms with Crippen molar-refractivity contribution in [3.05, 3.63) is 0 Å². The quantitative estimate of drug-likeness (QED) is 0.365. The number of likely N-dealkylation sites (tertiary alicyclic amines) is 2. The van der Waals surface area contributed by atoms with E-state index in [1.807, 2.05) is 4.90 Å². The van der Waals surface area contributed by atoms with Gasteiger partial charge in [-0.2, -0.15) is 4.99 Å². The maximum atomic E-state index is 12.9. The molecular formula is C19H31N5O5S. The molecule has 2 atom stereocenters. The second-order valence-corrected chi connectivity index (χ2v) is 10.1. The number of nitrogens with two attached hydrogens (primary N) is 2. The fourth-order valence-electron chi connectivity index (χ4n) is 3.95. The Hall–Kier alpha value is -2.14. The van der Waals surface area contributed by atoms with Crippen molar-refractivity contribution in [3.63, 3.8) is 0 Å². The maximum absolute atomic E-state index is 12.9. The molecule has 2 saturated heterocycles. The number of thioether (sulfide) groups is 1. The molecule has 2 aliphatic rings. The Labute approximate surface area is 180 Å². The van der Waals surface area contributed by atoms with Crippen LogP contribution in [0.15, 0.2) is 4.99 Å². The first-order valence-corrected chi connectivity index (χ1v) is 10.8. The van der Waals surface area contributed by atoms with Gasteiger partial charge in [0.2, 0.25) is 0 Å². The largest absolute Gasteiger partial charge is 0.444 e. The molecule has 30 heavy (non-hydrogen) atoms. The lowest BCUT2D eigenvalue weighted by atomic mass is 9.93. The molecule has 2 fully saturated rings. The molecule has 2 heterocycles. The SMILES string of the molecule is CC(=O)S[C@@H]1CN(C(=O)OC(C)(C)C)[C@@](C=O)(N2CCC(C(=O)N=C(N)N)CC2)C1. The molecule has 0 radical (unpaired) electrons. The Bertz CT molecular complexity index is 725. The van der Waals surface area contributed by atoms with Crippen LogP contribution < -0.4 is 11.5 Å². The summed E-state index contributed by atoms with van der Waals surface area (Å²) in [4.78, 5) is 56.0. The van der Waals surface area contributed by atoms with Crippen LogP contribution in [-0.2, 0) is 19.1 Å². The fourth-order valence-corrected chi connectivity index (χ4v) is 4.97. The van der Waals surface area contributed by atoms with E-state index < -0.39 is 17.4 Å². The Morgan fingerprint density at radius 2 is 1.80 bits per heavy atom. The lowest BCUT2D eigenvalue weighted by molar-refractivity contribution is -0.133. The molecule has 168 valence electrons. The first kappa shape index (κ1) is 24.1. The number of amides is 2. The number of carbonyl (C=O) groups excluding carboxylic acids is 4. The molecule has 0 aromatic carbocycles. The summed E-state index contributed by atoms with van der Waals surface area (Å²) in [5, 5.41) is -0.298. The number of ether oxygens (including phenoxy) is 1. The fraction of sp³-hybridized carbons (Fsp3) is 0.737. The van der Waals surface area contributed by atoms with Crippen LogP contribution in [0, 0.1) is 5.92 Å². The van der Waals surface area contributed by atoms with E-state index in [1.165, 1.54) is 11.8 Å². The van der Waals surface area contributed by atoms with Crippen molar-refractivity contribution in [1.82, 2.24) is 9.80 Å². The average molecular weight is 442 g/mol. The molecule has 11 heteroatoms. The molecule has 2 rings (SSSR count). The highest BCUT2D eigenvalue weighted by Crippen LogP contribution is 2.40. The van der Waals surface area contributed by atoms with E-state index in [-0.39, 0.29) is 34.7 Å². The van der Waals surface area contributed by atoms with Gasteiger partial charge in [0.25, 0.3) is 5.91 Å². The van der Waals surface area contributed by atoms with Gasteiger partial charge in [-0.3, -0.25) is 24.2 Å². The Morgan fingerprint density at radius 1 is 1.20 bits per heavy atom. The second-order valence-electron chi connectivity index (χ2n) is 8.66. The first-order valence-electron chi connectivity index (χ1n) is 9.90. The van der Waals surface area contributed by atoms with Gasteiger partial charge in [0, 0.05) is 44.1 Å². The van der Waals surface area contributed by atoms with Crippen molar-refractivity contribution in [3.8, 4) is 0 Å². The number of hydrogen-bond acceptors (Lipinski definition) is 7. The van der Waals surface area contributed by atoms with Crippen molar-refractivity contribution in [2.24, 2.45) is 22.4 Å². The molecule has 0 spiro atoms. The van der Waals surface area contributed by atoms with Crippen molar-refractivity contribution < 1.29 is 23.9 Å². The Balaban J connectivity index is 2.24. The smallest absolute Gasteiger partial charge is 0.412 e. The molecule has 0 saturated carbocycles. The topological polar surface area (TPSA) is 148 Å². The predicted molar refractivity (Wildman–Crippen MR) is 114 cm³/mol. The summed E-state index contributed by atoms with van der Waals surface area (Å²) >= 11 is 1.12. The van der Waals surface area contributed by atoms with Gasteiger partial charge in [0.05, 0.1) is 0 Å². The van der Waals surface area contributed by atoms with Crippen molar-refractivity contribution in [2.45, 2.75) is 63.5 Å². The number of aliphatic imine (C=N–C) groups is 1. The van der Waals surface area contributed by atoms with E-state index in [1.54, 1.807) is 20.8 Å². The van der Waals surface area contributed by atoms with Gasteiger partial charge in [0.1, 0.15) is 5.60 Å². The van der Waals surface area contributed by atoms with Crippen LogP contribution in [0.25, 0.3) is 0 Å². The summed E-state index contributed by atoms with van der Waals surface area (Å²) in [6.45, 7) is 7.77. The lowest BCUT2D eigenvalue weighted by Crippen LogP contribution is -2.62. The minimum absolute atomic E-state index is 0.0765. The number of rotatable bonds is 4. The number of carbonyl (C=O) groups is 4. The van der Waals surface area contributed by atoms with E-state index >= 15 is 0 Å². The summed E-state index contributed by atoms with van der Waals surface area (Å²) in [5.41, 5.74) is 8.63. The highest BCUT2D eigenvalue weighted by molar-refractivity contribution is 8.14. The normalized spacial score (nSPS) is 25.6. The van der Waals surface area contributed by atoms with Crippen LogP contribution in [0.5, 0.6) is 0 Å². The Kier molecular flexibility index (Phi) is 7.51. The van der Waals surface area contributed by atoms with E-state index in [2.05, 4.69) is 4.99 Å². The van der Waals surface area contributed by atoms with Gasteiger partial charge in [-0.15, -0.1) is 0 Å². The zero-order chi connectivity index (χ0) is 22.7. The molecule has 0 bridgehead atoms. The molecule has 2 aliphatic heterocycles. The second kappa shape index (κ2) is 9.34. The summed E-state index contributed by atoms with van der Waals surface area (Å²) in [6, 6.07) is 0. The van der Waals surface area contributed by atoms with Gasteiger partial charge in [-0.1, -0.05) is 11.8 Å². The molecule has 2 amide bonds. The van der Waals surface area contributed by atoms with Gasteiger partial charge in [-0.05, 0) is 33.6 Å². The maximum Gasteiger partial charge on any atom is 0.412 e. The third-order valence-corrected chi connectivity index (χ3v) is 6.13. The number of piperidine rings is 1. The van der Waals surface area contributed by atoms with E-state index in [9.17, 15) is 19.2 Å². The van der Waals surface area contributed by atoms with Gasteiger partial charge in [-0.25, -0.2) is 4.79 Å². The van der Waals surface area contributed by atoms with Crippen LogP contribution in [0.4, 0.5) is 4.79 Å². The van der Waals surface area contributed by atoms with Crippen molar-refractivity contribution in [1.29, 1.82) is 0 Å². The summed E-state index contributed by atoms with van der Waals surface area (Å²) in [5.74, 6) is -0.996. The molecular weight excluding hydrogens is 410 g/mol. The van der Waals surface area contributed by atoms with Crippen LogP contribution in [0.2, 0.25) is 0 Å². The molecule has 10 nitrogen and oxygen atoms in total. The van der Waals surface area contributed by atoms with Crippen LogP contribution in [0.1, 0.15) is 47.0 Å². The minimum atomic E-state index is -1.22. The van der Waals surface area contributed by atoms with Crippen LogP contribution >= 0.6 is 11.8 Å². The van der Waals surface area contributed by atoms with E-state index in [0.29, 0.717) is 32.4 Å². The van der Waals surface area contributed by atoms with Gasteiger partial charge in [0.15, 0.2) is 23.0 Å². The highest BCUT2D eigenvalue weighted by Gasteiger charge is 2.54. The number of hydrogen-bond donors (Lipinski definition) is 2. The van der Waals surface area contributed by atoms with E-state index in [0.717, 1.165) is 18.0 Å². The van der Waals surface area contributed by atoms with E-state index in [4.69, 9.17) is 16.2 Å². The zero-order valence-electron chi connectivity index (χ0n) is 17.9. The molecule has 0 aromatic heterocycles. The van der Waals surface area contributed by atoms with Crippen LogP contribution in [-0.4, -0.2) is 75.3 Å². The molecule has 0 aliphatic carbocycles. The predicted octanol–water partition coefficient (Wildman–Crippen LogP) is 0.683. The number of aldehydes is 1. The van der Waals surface area contributed by atoms with Gasteiger partial charge < -0.3 is 16.2 Å². The monoisotopic (exact) mass is 441 g/mol.